The van der Waals surface area contributed by atoms with Crippen LogP contribution in [0.25, 0.3) is 6.08 Å². The van der Waals surface area contributed by atoms with E-state index in [1.54, 1.807) is 24.4 Å². The third-order valence-electron chi connectivity index (χ3n) is 1.17. The summed E-state index contributed by atoms with van der Waals surface area (Å²) >= 11 is 0. The molecule has 1 heterocycles. The second kappa shape index (κ2) is 3.51. The molecule has 0 saturated heterocycles. The number of carbonyl (C=O) groups is 1. The molecule has 0 aromatic carbocycles. The van der Waals surface area contributed by atoms with E-state index in [0.717, 1.165) is 11.8 Å². The summed E-state index contributed by atoms with van der Waals surface area (Å²) in [6.07, 6.45) is 5.40. The van der Waals surface area contributed by atoms with Gasteiger partial charge in [0, 0.05) is 6.20 Å². The highest BCUT2D eigenvalue weighted by Crippen LogP contribution is 2.03. The summed E-state index contributed by atoms with van der Waals surface area (Å²) < 4.78 is 0. The van der Waals surface area contributed by atoms with Crippen LogP contribution in [0.3, 0.4) is 0 Å². The number of nitrogens with two attached hydrogens (primary N) is 1. The van der Waals surface area contributed by atoms with Crippen LogP contribution in [0.2, 0.25) is 0 Å². The molecular weight excluding hydrogens is 140 g/mol. The van der Waals surface area contributed by atoms with Crippen LogP contribution in [0.1, 0.15) is 5.56 Å². The van der Waals surface area contributed by atoms with Crippen molar-refractivity contribution in [2.45, 2.75) is 0 Å². The number of rotatable bonds is 2. The zero-order valence-electron chi connectivity index (χ0n) is 5.90. The largest absolute Gasteiger partial charge is 0.384 e. The average Bonchev–Trinajstić information content (AvgIpc) is 2.01. The van der Waals surface area contributed by atoms with Gasteiger partial charge in [-0.05, 0) is 23.8 Å². The fourth-order valence-electron chi connectivity index (χ4n) is 0.720. The quantitative estimate of drug-likeness (QED) is 0.500. The average molecular weight is 148 g/mol. The number of pyridine rings is 1. The maximum absolute atomic E-state index is 9.93. The molecular formula is C8H8N2O. The summed E-state index contributed by atoms with van der Waals surface area (Å²) in [6.45, 7) is 0. The third kappa shape index (κ3) is 2.21. The summed E-state index contributed by atoms with van der Waals surface area (Å²) in [7, 11) is 0. The van der Waals surface area contributed by atoms with Crippen LogP contribution >= 0.6 is 0 Å². The Balaban J connectivity index is 2.87. The smallest absolute Gasteiger partial charge is 0.142 e. The molecule has 0 spiro atoms. The second-order valence-electron chi connectivity index (χ2n) is 2.01. The van der Waals surface area contributed by atoms with E-state index in [1.165, 1.54) is 6.08 Å². The Hall–Kier alpha value is -1.64. The molecule has 0 aliphatic rings. The van der Waals surface area contributed by atoms with Gasteiger partial charge in [0.2, 0.25) is 0 Å². The van der Waals surface area contributed by atoms with Gasteiger partial charge in [-0.2, -0.15) is 0 Å². The Labute approximate surface area is 64.6 Å². The van der Waals surface area contributed by atoms with Crippen molar-refractivity contribution in [2.24, 2.45) is 0 Å². The zero-order chi connectivity index (χ0) is 8.10. The Kier molecular flexibility index (Phi) is 2.38. The van der Waals surface area contributed by atoms with Crippen molar-refractivity contribution in [3.63, 3.8) is 0 Å². The molecule has 0 radical (unpaired) electrons. The number of nitrogens with zero attached hydrogens (tertiary/aromatic N) is 1. The highest BCUT2D eigenvalue weighted by Gasteiger charge is 1.86. The van der Waals surface area contributed by atoms with E-state index in [1.807, 2.05) is 0 Å². The topological polar surface area (TPSA) is 56.0 Å². The van der Waals surface area contributed by atoms with Crippen LogP contribution in [-0.2, 0) is 4.79 Å². The molecule has 0 bridgehead atoms. The van der Waals surface area contributed by atoms with Gasteiger partial charge in [-0.3, -0.25) is 4.79 Å². The summed E-state index contributed by atoms with van der Waals surface area (Å²) in [5.41, 5.74) is 6.28. The molecule has 0 fully saturated rings. The van der Waals surface area contributed by atoms with Gasteiger partial charge in [0.1, 0.15) is 12.1 Å². The molecule has 1 aromatic heterocycles. The monoisotopic (exact) mass is 148 g/mol. The van der Waals surface area contributed by atoms with Crippen LogP contribution in [0.4, 0.5) is 5.82 Å². The van der Waals surface area contributed by atoms with Crippen LogP contribution < -0.4 is 5.73 Å². The first-order valence-electron chi connectivity index (χ1n) is 3.16. The zero-order valence-corrected chi connectivity index (χ0v) is 5.90. The predicted octanol–water partition coefficient (Wildman–Crippen LogP) is 0.876. The van der Waals surface area contributed by atoms with Gasteiger partial charge < -0.3 is 5.73 Å². The van der Waals surface area contributed by atoms with E-state index in [9.17, 15) is 4.79 Å². The summed E-state index contributed by atoms with van der Waals surface area (Å²) in [5, 5.41) is 0. The highest BCUT2D eigenvalue weighted by atomic mass is 16.1. The number of nitrogen functional groups attached to an aromatic ring is 1. The lowest BCUT2D eigenvalue weighted by Crippen LogP contribution is -1.88. The molecule has 3 heteroatoms. The van der Waals surface area contributed by atoms with Crippen molar-refractivity contribution in [3.05, 3.63) is 30.0 Å². The number of aldehydes is 1. The van der Waals surface area contributed by atoms with E-state index in [0.29, 0.717) is 5.82 Å². The van der Waals surface area contributed by atoms with Gasteiger partial charge >= 0.3 is 0 Å². The molecule has 0 unspecified atom stereocenters. The van der Waals surface area contributed by atoms with Crippen molar-refractivity contribution in [3.8, 4) is 0 Å². The minimum atomic E-state index is 0.457. The van der Waals surface area contributed by atoms with Gasteiger partial charge in [-0.25, -0.2) is 4.98 Å². The number of hydrogen-bond donors (Lipinski definition) is 1. The first-order chi connectivity index (χ1) is 5.33. The normalized spacial score (nSPS) is 10.2. The van der Waals surface area contributed by atoms with Gasteiger partial charge in [0.25, 0.3) is 0 Å². The lowest BCUT2D eigenvalue weighted by Gasteiger charge is -1.92. The van der Waals surface area contributed by atoms with Gasteiger partial charge in [0.05, 0.1) is 0 Å². The van der Waals surface area contributed by atoms with Crippen LogP contribution in [0.15, 0.2) is 24.4 Å². The fourth-order valence-corrected chi connectivity index (χ4v) is 0.720. The lowest BCUT2D eigenvalue weighted by atomic mass is 10.2. The molecule has 0 atom stereocenters. The number of carbonyl (C=O) groups excluding carboxylic acids is 1. The fraction of sp³-hybridized carbons (Fsp3) is 0. The molecule has 0 amide bonds. The molecule has 0 aliphatic carbocycles. The molecule has 0 aliphatic heterocycles. The molecule has 3 nitrogen and oxygen atoms in total. The number of hydrogen-bond acceptors (Lipinski definition) is 3. The lowest BCUT2D eigenvalue weighted by molar-refractivity contribution is -0.104. The molecule has 11 heavy (non-hydrogen) atoms. The molecule has 56 valence electrons. The first-order valence-corrected chi connectivity index (χ1v) is 3.16. The van der Waals surface area contributed by atoms with Gasteiger partial charge in [0.15, 0.2) is 0 Å². The SMILES string of the molecule is Nc1cc(C=CC=O)ccn1. The Bertz CT molecular complexity index is 281. The minimum absolute atomic E-state index is 0.457. The summed E-state index contributed by atoms with van der Waals surface area (Å²) in [5.74, 6) is 0.457. The third-order valence-corrected chi connectivity index (χ3v) is 1.17. The summed E-state index contributed by atoms with van der Waals surface area (Å²) in [4.78, 5) is 13.7. The number of aromatic nitrogens is 1. The minimum Gasteiger partial charge on any atom is -0.384 e. The van der Waals surface area contributed by atoms with Gasteiger partial charge in [-0.1, -0.05) is 6.08 Å². The van der Waals surface area contributed by atoms with Crippen LogP contribution in [0, 0.1) is 0 Å². The molecule has 0 saturated carbocycles. The van der Waals surface area contributed by atoms with Crippen LogP contribution in [0.5, 0.6) is 0 Å². The molecule has 1 rings (SSSR count). The molecule has 1 aromatic rings. The highest BCUT2D eigenvalue weighted by molar-refractivity contribution is 5.74. The van der Waals surface area contributed by atoms with Crippen molar-refractivity contribution >= 4 is 18.2 Å². The molecule has 2 N–H and O–H groups in total. The standard InChI is InChI=1S/C8H8N2O/c9-8-6-7(2-1-5-11)3-4-10-8/h1-6H,(H2,9,10). The Morgan fingerprint density at radius 1 is 1.55 bits per heavy atom. The predicted molar refractivity (Wildman–Crippen MR) is 43.7 cm³/mol. The van der Waals surface area contributed by atoms with Gasteiger partial charge in [-0.15, -0.1) is 0 Å². The second-order valence-corrected chi connectivity index (χ2v) is 2.01. The van der Waals surface area contributed by atoms with Crippen molar-refractivity contribution in [1.82, 2.24) is 4.98 Å². The van der Waals surface area contributed by atoms with Crippen LogP contribution in [-0.4, -0.2) is 11.3 Å². The van der Waals surface area contributed by atoms with E-state index < -0.39 is 0 Å². The maximum Gasteiger partial charge on any atom is 0.142 e. The number of allylic oxidation sites excluding steroid dienone is 1. The van der Waals surface area contributed by atoms with Crippen molar-refractivity contribution in [1.29, 1.82) is 0 Å². The number of anilines is 1. The van der Waals surface area contributed by atoms with E-state index in [2.05, 4.69) is 4.98 Å². The Morgan fingerprint density at radius 2 is 2.36 bits per heavy atom. The first kappa shape index (κ1) is 7.47. The Morgan fingerprint density at radius 3 is 3.00 bits per heavy atom. The van der Waals surface area contributed by atoms with E-state index >= 15 is 0 Å². The van der Waals surface area contributed by atoms with Crippen molar-refractivity contribution in [2.75, 3.05) is 5.73 Å². The summed E-state index contributed by atoms with van der Waals surface area (Å²) in [6, 6.07) is 3.47. The van der Waals surface area contributed by atoms with E-state index in [-0.39, 0.29) is 0 Å². The van der Waals surface area contributed by atoms with Crippen molar-refractivity contribution < 1.29 is 4.79 Å². The maximum atomic E-state index is 9.93. The van der Waals surface area contributed by atoms with E-state index in [4.69, 9.17) is 5.73 Å².